The van der Waals surface area contributed by atoms with Gasteiger partial charge in [0.05, 0.1) is 25.0 Å². The summed E-state index contributed by atoms with van der Waals surface area (Å²) in [6, 6.07) is 6.72. The Labute approximate surface area is 164 Å². The monoisotopic (exact) mass is 386 g/mol. The maximum atomic E-state index is 12.8. The molecule has 0 unspecified atom stereocenters. The Morgan fingerprint density at radius 3 is 2.46 bits per heavy atom. The van der Waals surface area contributed by atoms with Crippen molar-refractivity contribution in [2.24, 2.45) is 17.8 Å². The quantitative estimate of drug-likeness (QED) is 0.758. The van der Waals surface area contributed by atoms with E-state index in [1.165, 1.54) is 0 Å². The number of allylic oxidation sites excluding steroid dienone is 2. The van der Waals surface area contributed by atoms with E-state index in [1.807, 2.05) is 19.1 Å². The Balaban J connectivity index is 1.68. The van der Waals surface area contributed by atoms with Crippen LogP contribution in [0.2, 0.25) is 0 Å². The van der Waals surface area contributed by atoms with E-state index in [9.17, 15) is 19.5 Å². The molecular formula is C21H26N2O5. The van der Waals surface area contributed by atoms with Gasteiger partial charge >= 0.3 is 5.97 Å². The zero-order valence-electron chi connectivity index (χ0n) is 16.0. The summed E-state index contributed by atoms with van der Waals surface area (Å²) in [6.45, 7) is 4.17. The molecule has 7 heteroatoms. The minimum Gasteiger partial charge on any atom is -0.481 e. The summed E-state index contributed by atoms with van der Waals surface area (Å²) < 4.78 is 5.26. The summed E-state index contributed by atoms with van der Waals surface area (Å²) in [7, 11) is 0. The Morgan fingerprint density at radius 1 is 1.18 bits per heavy atom. The van der Waals surface area contributed by atoms with E-state index in [-0.39, 0.29) is 17.7 Å². The zero-order valence-corrected chi connectivity index (χ0v) is 16.0. The molecule has 3 atom stereocenters. The summed E-state index contributed by atoms with van der Waals surface area (Å²) in [5.74, 6) is -2.74. The second-order valence-corrected chi connectivity index (χ2v) is 7.18. The minimum absolute atomic E-state index is 0.0596. The molecule has 0 spiro atoms. The van der Waals surface area contributed by atoms with Crippen LogP contribution in [0.25, 0.3) is 0 Å². The normalized spacial score (nSPS) is 24.6. The van der Waals surface area contributed by atoms with Crippen molar-refractivity contribution in [3.05, 3.63) is 42.0 Å². The SMILES string of the molecule is CC[C@H]1C=CC[C@@H](C(=O)O)[C@@H]1C(=O)Nc1ccc(C(=O)N2CCOCC2)cc1. The molecule has 2 N–H and O–H groups in total. The third-order valence-corrected chi connectivity index (χ3v) is 5.46. The fraction of sp³-hybridized carbons (Fsp3) is 0.476. The fourth-order valence-electron chi connectivity index (χ4n) is 3.86. The summed E-state index contributed by atoms with van der Waals surface area (Å²) in [5, 5.41) is 12.3. The van der Waals surface area contributed by atoms with Crippen LogP contribution in [-0.4, -0.2) is 54.1 Å². The number of amides is 2. The highest BCUT2D eigenvalue weighted by Gasteiger charge is 2.39. The first-order chi connectivity index (χ1) is 13.5. The van der Waals surface area contributed by atoms with Crippen LogP contribution in [0.4, 0.5) is 5.69 Å². The summed E-state index contributed by atoms with van der Waals surface area (Å²) in [5.41, 5.74) is 1.10. The molecule has 28 heavy (non-hydrogen) atoms. The molecular weight excluding hydrogens is 360 g/mol. The van der Waals surface area contributed by atoms with Crippen molar-refractivity contribution in [1.82, 2.24) is 4.90 Å². The van der Waals surface area contributed by atoms with Gasteiger partial charge in [-0.15, -0.1) is 0 Å². The molecule has 1 heterocycles. The number of nitrogens with zero attached hydrogens (tertiary/aromatic N) is 1. The van der Waals surface area contributed by atoms with Crippen LogP contribution < -0.4 is 5.32 Å². The maximum absolute atomic E-state index is 12.8. The van der Waals surface area contributed by atoms with Crippen molar-refractivity contribution >= 4 is 23.5 Å². The van der Waals surface area contributed by atoms with Gasteiger partial charge in [0.2, 0.25) is 5.91 Å². The molecule has 1 saturated heterocycles. The number of aliphatic carboxylic acids is 1. The number of benzene rings is 1. The van der Waals surface area contributed by atoms with Crippen LogP contribution in [0.15, 0.2) is 36.4 Å². The lowest BCUT2D eigenvalue weighted by Crippen LogP contribution is -2.40. The standard InChI is InChI=1S/C21H26N2O5/c1-2-14-4-3-5-17(21(26)27)18(14)19(24)22-16-8-6-15(7-9-16)20(25)23-10-12-28-13-11-23/h3-4,6-9,14,17-18H,2,5,10-13H2,1H3,(H,22,24)(H,26,27)/t14-,17+,18+/m0/s1. The largest absolute Gasteiger partial charge is 0.481 e. The van der Waals surface area contributed by atoms with Gasteiger partial charge in [-0.2, -0.15) is 0 Å². The Hall–Kier alpha value is -2.67. The van der Waals surface area contributed by atoms with Crippen LogP contribution in [0, 0.1) is 17.8 Å². The molecule has 2 aliphatic rings. The number of carbonyl (C=O) groups is 3. The topological polar surface area (TPSA) is 95.9 Å². The first kappa shape index (κ1) is 20.1. The Morgan fingerprint density at radius 2 is 1.86 bits per heavy atom. The second-order valence-electron chi connectivity index (χ2n) is 7.18. The van der Waals surface area contributed by atoms with E-state index in [1.54, 1.807) is 29.2 Å². The van der Waals surface area contributed by atoms with Gasteiger partial charge in [-0.3, -0.25) is 14.4 Å². The summed E-state index contributed by atoms with van der Waals surface area (Å²) >= 11 is 0. The smallest absolute Gasteiger partial charge is 0.307 e. The van der Waals surface area contributed by atoms with Crippen LogP contribution in [-0.2, 0) is 14.3 Å². The average molecular weight is 386 g/mol. The maximum Gasteiger partial charge on any atom is 0.307 e. The van der Waals surface area contributed by atoms with Gasteiger partial charge in [0.25, 0.3) is 5.91 Å². The number of rotatable bonds is 5. The van der Waals surface area contributed by atoms with Crippen LogP contribution in [0.5, 0.6) is 0 Å². The number of hydrogen-bond acceptors (Lipinski definition) is 4. The van der Waals surface area contributed by atoms with E-state index < -0.39 is 17.8 Å². The number of anilines is 1. The van der Waals surface area contributed by atoms with Gasteiger partial charge in [0, 0.05) is 24.3 Å². The fourth-order valence-corrected chi connectivity index (χ4v) is 3.86. The average Bonchev–Trinajstić information content (AvgIpc) is 2.73. The van der Waals surface area contributed by atoms with Crippen LogP contribution in [0.3, 0.4) is 0 Å². The molecule has 1 fully saturated rings. The van der Waals surface area contributed by atoms with Crippen molar-refractivity contribution in [2.75, 3.05) is 31.6 Å². The number of ether oxygens (including phenoxy) is 1. The number of hydrogen-bond donors (Lipinski definition) is 2. The second kappa shape index (κ2) is 9.01. The molecule has 150 valence electrons. The molecule has 0 radical (unpaired) electrons. The molecule has 0 bridgehead atoms. The highest BCUT2D eigenvalue weighted by Crippen LogP contribution is 2.33. The number of carboxylic acids is 1. The predicted octanol–water partition coefficient (Wildman–Crippen LogP) is 2.40. The lowest BCUT2D eigenvalue weighted by Gasteiger charge is -2.31. The van der Waals surface area contributed by atoms with Crippen molar-refractivity contribution in [3.63, 3.8) is 0 Å². The van der Waals surface area contributed by atoms with Gasteiger partial charge in [-0.1, -0.05) is 19.1 Å². The minimum atomic E-state index is -0.950. The summed E-state index contributed by atoms with van der Waals surface area (Å²) in [6.07, 6.45) is 4.85. The number of morpholine rings is 1. The molecule has 0 aromatic heterocycles. The molecule has 3 rings (SSSR count). The molecule has 1 aromatic rings. The highest BCUT2D eigenvalue weighted by atomic mass is 16.5. The Kier molecular flexibility index (Phi) is 6.46. The lowest BCUT2D eigenvalue weighted by atomic mass is 9.74. The van der Waals surface area contributed by atoms with E-state index in [4.69, 9.17) is 4.74 Å². The molecule has 2 amide bonds. The van der Waals surface area contributed by atoms with Gasteiger partial charge in [0.15, 0.2) is 0 Å². The number of carbonyl (C=O) groups excluding carboxylic acids is 2. The van der Waals surface area contributed by atoms with Crippen molar-refractivity contribution in [3.8, 4) is 0 Å². The van der Waals surface area contributed by atoms with Gasteiger partial charge < -0.3 is 20.1 Å². The Bertz CT molecular complexity index is 753. The molecule has 7 nitrogen and oxygen atoms in total. The molecule has 1 aliphatic carbocycles. The van der Waals surface area contributed by atoms with Crippen molar-refractivity contribution in [1.29, 1.82) is 0 Å². The van der Waals surface area contributed by atoms with Crippen molar-refractivity contribution in [2.45, 2.75) is 19.8 Å². The van der Waals surface area contributed by atoms with E-state index in [0.29, 0.717) is 50.4 Å². The van der Waals surface area contributed by atoms with Crippen LogP contribution in [0.1, 0.15) is 30.1 Å². The lowest BCUT2D eigenvalue weighted by molar-refractivity contribution is -0.147. The van der Waals surface area contributed by atoms with Gasteiger partial charge in [-0.25, -0.2) is 0 Å². The number of nitrogens with one attached hydrogen (secondary N) is 1. The predicted molar refractivity (Wildman–Crippen MR) is 104 cm³/mol. The van der Waals surface area contributed by atoms with E-state index in [0.717, 1.165) is 0 Å². The third-order valence-electron chi connectivity index (χ3n) is 5.46. The van der Waals surface area contributed by atoms with Crippen LogP contribution >= 0.6 is 0 Å². The first-order valence-corrected chi connectivity index (χ1v) is 9.68. The molecule has 1 aromatic carbocycles. The van der Waals surface area contributed by atoms with Gasteiger partial charge in [0.1, 0.15) is 0 Å². The number of carboxylic acid groups (broad SMARTS) is 1. The van der Waals surface area contributed by atoms with Gasteiger partial charge in [-0.05, 0) is 43.0 Å². The highest BCUT2D eigenvalue weighted by molar-refractivity contribution is 5.97. The third kappa shape index (κ3) is 4.42. The van der Waals surface area contributed by atoms with E-state index in [2.05, 4.69) is 5.32 Å². The van der Waals surface area contributed by atoms with E-state index >= 15 is 0 Å². The summed E-state index contributed by atoms with van der Waals surface area (Å²) in [4.78, 5) is 38.6. The first-order valence-electron chi connectivity index (χ1n) is 9.68. The molecule has 1 aliphatic heterocycles. The van der Waals surface area contributed by atoms with Crippen molar-refractivity contribution < 1.29 is 24.2 Å². The zero-order chi connectivity index (χ0) is 20.1. The molecule has 0 saturated carbocycles.